The van der Waals surface area contributed by atoms with Crippen LogP contribution in [0.3, 0.4) is 0 Å². The van der Waals surface area contributed by atoms with E-state index in [1.165, 1.54) is 0 Å². The zero-order valence-corrected chi connectivity index (χ0v) is 9.87. The third-order valence-corrected chi connectivity index (χ3v) is 3.09. The van der Waals surface area contributed by atoms with Gasteiger partial charge in [-0.25, -0.2) is 0 Å². The molecule has 2 atom stereocenters. The van der Waals surface area contributed by atoms with Gasteiger partial charge in [0.15, 0.2) is 0 Å². The van der Waals surface area contributed by atoms with Gasteiger partial charge in [0.25, 0.3) is 0 Å². The summed E-state index contributed by atoms with van der Waals surface area (Å²) in [6, 6.07) is 0. The van der Waals surface area contributed by atoms with Crippen LogP contribution in [-0.4, -0.2) is 27.5 Å². The minimum Gasteiger partial charge on any atom is -0.378 e. The van der Waals surface area contributed by atoms with Gasteiger partial charge in [-0.05, 0) is 20.3 Å². The Hall–Kier alpha value is -0.610. The average Bonchev–Trinajstić information content (AvgIpc) is 2.82. The largest absolute Gasteiger partial charge is 0.378 e. The summed E-state index contributed by atoms with van der Waals surface area (Å²) in [6.07, 6.45) is 1.36. The minimum atomic E-state index is 0.330. The monoisotopic (exact) mass is 229 g/mol. The molecule has 1 aromatic heterocycles. The van der Waals surface area contributed by atoms with Crippen molar-refractivity contribution in [3.05, 3.63) is 11.6 Å². The van der Waals surface area contributed by atoms with Crippen LogP contribution in [-0.2, 0) is 17.2 Å². The minimum absolute atomic E-state index is 0.330. The molecule has 1 aliphatic heterocycles. The first-order chi connectivity index (χ1) is 7.26. The first kappa shape index (κ1) is 10.9. The van der Waals surface area contributed by atoms with Gasteiger partial charge >= 0.3 is 0 Å². The summed E-state index contributed by atoms with van der Waals surface area (Å²) in [5.74, 6) is 2.68. The summed E-state index contributed by atoms with van der Waals surface area (Å²) in [6.45, 7) is 5.80. The van der Waals surface area contributed by atoms with E-state index in [2.05, 4.69) is 28.6 Å². The fourth-order valence-electron chi connectivity index (χ4n) is 2.09. The van der Waals surface area contributed by atoms with Gasteiger partial charge in [0, 0.05) is 12.5 Å². The van der Waals surface area contributed by atoms with E-state index >= 15 is 0 Å². The highest BCUT2D eigenvalue weighted by Gasteiger charge is 2.28. The molecule has 0 radical (unpaired) electrons. The molecule has 0 bridgehead atoms. The van der Waals surface area contributed by atoms with Gasteiger partial charge in [-0.3, -0.25) is 0 Å². The normalized spacial score (nSPS) is 26.1. The second kappa shape index (κ2) is 4.49. The van der Waals surface area contributed by atoms with E-state index < -0.39 is 0 Å². The van der Waals surface area contributed by atoms with Crippen molar-refractivity contribution in [1.29, 1.82) is 0 Å². The van der Waals surface area contributed by atoms with E-state index in [-0.39, 0.29) is 0 Å². The van der Waals surface area contributed by atoms with E-state index in [9.17, 15) is 0 Å². The molecular formula is C10H16ClN3O. The highest BCUT2D eigenvalue weighted by atomic mass is 35.5. The Kier molecular flexibility index (Phi) is 3.26. The van der Waals surface area contributed by atoms with Crippen LogP contribution in [0.1, 0.15) is 37.8 Å². The molecule has 2 heterocycles. The maximum atomic E-state index is 5.80. The molecular weight excluding hydrogens is 214 g/mol. The van der Waals surface area contributed by atoms with Crippen molar-refractivity contribution in [2.75, 3.05) is 6.61 Å². The smallest absolute Gasteiger partial charge is 0.147 e. The molecule has 4 nitrogen and oxygen atoms in total. The Balaban J connectivity index is 2.24. The summed E-state index contributed by atoms with van der Waals surface area (Å²) in [7, 11) is 0. The summed E-state index contributed by atoms with van der Waals surface area (Å²) >= 11 is 5.80. The van der Waals surface area contributed by atoms with Gasteiger partial charge in [-0.2, -0.15) is 0 Å². The fourth-order valence-corrected chi connectivity index (χ4v) is 2.29. The summed E-state index contributed by atoms with van der Waals surface area (Å²) < 4.78 is 7.64. The Labute approximate surface area is 94.6 Å². The number of hydrogen-bond donors (Lipinski definition) is 0. The molecule has 1 saturated heterocycles. The number of ether oxygens (including phenoxy) is 1. The molecule has 2 rings (SSSR count). The van der Waals surface area contributed by atoms with Gasteiger partial charge in [0.2, 0.25) is 0 Å². The number of alkyl halides is 1. The number of rotatable bonds is 3. The molecule has 2 unspecified atom stereocenters. The number of aromatic nitrogens is 3. The van der Waals surface area contributed by atoms with Crippen molar-refractivity contribution in [1.82, 2.24) is 14.8 Å². The lowest BCUT2D eigenvalue weighted by molar-refractivity contribution is 0.123. The number of nitrogens with zero attached hydrogens (tertiary/aromatic N) is 3. The SMILES string of the molecule is CCn1c(CCl)nnc1C1COC(C)C1. The predicted molar refractivity (Wildman–Crippen MR) is 58.0 cm³/mol. The molecule has 0 amide bonds. The third-order valence-electron chi connectivity index (χ3n) is 2.86. The second-order valence-electron chi connectivity index (χ2n) is 3.93. The zero-order chi connectivity index (χ0) is 10.8. The lowest BCUT2D eigenvalue weighted by Gasteiger charge is -2.09. The van der Waals surface area contributed by atoms with Crippen LogP contribution in [0.15, 0.2) is 0 Å². The van der Waals surface area contributed by atoms with Crippen LogP contribution in [0.4, 0.5) is 0 Å². The number of hydrogen-bond acceptors (Lipinski definition) is 3. The highest BCUT2D eigenvalue weighted by Crippen LogP contribution is 2.28. The van der Waals surface area contributed by atoms with Crippen LogP contribution in [0.5, 0.6) is 0 Å². The molecule has 1 aliphatic rings. The van der Waals surface area contributed by atoms with Gasteiger partial charge in [0.05, 0.1) is 18.6 Å². The van der Waals surface area contributed by atoms with Crippen LogP contribution in [0.2, 0.25) is 0 Å². The molecule has 0 saturated carbocycles. The zero-order valence-electron chi connectivity index (χ0n) is 9.11. The van der Waals surface area contributed by atoms with Crippen LogP contribution < -0.4 is 0 Å². The lowest BCUT2D eigenvalue weighted by atomic mass is 10.1. The average molecular weight is 230 g/mol. The highest BCUT2D eigenvalue weighted by molar-refractivity contribution is 6.16. The summed E-state index contributed by atoms with van der Waals surface area (Å²) in [4.78, 5) is 0. The molecule has 1 aromatic rings. The molecule has 84 valence electrons. The Bertz CT molecular complexity index is 339. The van der Waals surface area contributed by atoms with Crippen LogP contribution in [0.25, 0.3) is 0 Å². The molecule has 0 spiro atoms. The second-order valence-corrected chi connectivity index (χ2v) is 4.20. The topological polar surface area (TPSA) is 39.9 Å². The standard InChI is InChI=1S/C10H16ClN3O/c1-3-14-9(5-11)12-13-10(14)8-4-7(2)15-6-8/h7-8H,3-6H2,1-2H3. The van der Waals surface area contributed by atoms with Gasteiger partial charge < -0.3 is 9.30 Å². The fraction of sp³-hybridized carbons (Fsp3) is 0.800. The maximum Gasteiger partial charge on any atom is 0.147 e. The van der Waals surface area contributed by atoms with Crippen molar-refractivity contribution in [3.63, 3.8) is 0 Å². The Morgan fingerprint density at radius 2 is 2.33 bits per heavy atom. The van der Waals surface area contributed by atoms with E-state index in [4.69, 9.17) is 16.3 Å². The van der Waals surface area contributed by atoms with E-state index in [0.717, 1.165) is 31.2 Å². The number of halogens is 1. The Morgan fingerprint density at radius 3 is 2.87 bits per heavy atom. The molecule has 15 heavy (non-hydrogen) atoms. The van der Waals surface area contributed by atoms with Crippen LogP contribution >= 0.6 is 11.6 Å². The molecule has 0 aliphatic carbocycles. The molecule has 1 fully saturated rings. The van der Waals surface area contributed by atoms with Crippen molar-refractivity contribution in [2.24, 2.45) is 0 Å². The summed E-state index contributed by atoms with van der Waals surface area (Å²) in [5.41, 5.74) is 0. The predicted octanol–water partition coefficient (Wildman–Crippen LogP) is 1.93. The van der Waals surface area contributed by atoms with E-state index in [0.29, 0.717) is 17.9 Å². The Morgan fingerprint density at radius 1 is 1.53 bits per heavy atom. The maximum absolute atomic E-state index is 5.80. The van der Waals surface area contributed by atoms with Crippen molar-refractivity contribution in [3.8, 4) is 0 Å². The quantitative estimate of drug-likeness (QED) is 0.744. The van der Waals surface area contributed by atoms with E-state index in [1.54, 1.807) is 0 Å². The van der Waals surface area contributed by atoms with Gasteiger partial charge in [0.1, 0.15) is 11.6 Å². The molecule has 5 heteroatoms. The first-order valence-electron chi connectivity index (χ1n) is 5.35. The summed E-state index contributed by atoms with van der Waals surface area (Å²) in [5, 5.41) is 8.32. The third kappa shape index (κ3) is 2.01. The molecule has 0 aromatic carbocycles. The van der Waals surface area contributed by atoms with Gasteiger partial charge in [-0.1, -0.05) is 0 Å². The van der Waals surface area contributed by atoms with Crippen molar-refractivity contribution < 1.29 is 4.74 Å². The van der Waals surface area contributed by atoms with Crippen LogP contribution in [0, 0.1) is 0 Å². The van der Waals surface area contributed by atoms with E-state index in [1.807, 2.05) is 0 Å². The van der Waals surface area contributed by atoms with Crippen molar-refractivity contribution in [2.45, 2.75) is 44.7 Å². The molecule has 0 N–H and O–H groups in total. The lowest BCUT2D eigenvalue weighted by Crippen LogP contribution is -2.10. The van der Waals surface area contributed by atoms with Crippen molar-refractivity contribution >= 4 is 11.6 Å². The first-order valence-corrected chi connectivity index (χ1v) is 5.89. The van der Waals surface area contributed by atoms with Gasteiger partial charge in [-0.15, -0.1) is 21.8 Å².